The highest BCUT2D eigenvalue weighted by atomic mass is 15.0. The van der Waals surface area contributed by atoms with Crippen LogP contribution in [0.5, 0.6) is 0 Å². The number of rotatable bonds is 2. The molecule has 0 aliphatic heterocycles. The van der Waals surface area contributed by atoms with Crippen LogP contribution in [0.1, 0.15) is 13.8 Å². The van der Waals surface area contributed by atoms with Gasteiger partial charge in [-0.1, -0.05) is 43.0 Å². The van der Waals surface area contributed by atoms with E-state index in [-0.39, 0.29) is 0 Å². The smallest absolute Gasteiger partial charge is 0.0491 e. The Hall–Kier alpha value is -1.76. The van der Waals surface area contributed by atoms with Gasteiger partial charge in [-0.25, -0.2) is 0 Å². The molecule has 0 N–H and O–H groups in total. The molecule has 0 saturated heterocycles. The number of para-hydroxylation sites is 1. The lowest BCUT2D eigenvalue weighted by molar-refractivity contribution is 0.770. The molecule has 0 aliphatic rings. The van der Waals surface area contributed by atoms with Crippen LogP contribution in [0, 0.1) is 0 Å². The fourth-order valence-electron chi connectivity index (χ4n) is 2.29. The van der Waals surface area contributed by atoms with Crippen molar-refractivity contribution in [1.29, 1.82) is 0 Å². The zero-order valence-electron chi connectivity index (χ0n) is 9.90. The highest BCUT2D eigenvalue weighted by molar-refractivity contribution is 5.82. The molecular formula is C15H17N. The van der Waals surface area contributed by atoms with E-state index in [1.807, 2.05) is 6.08 Å². The molecule has 0 atom stereocenters. The fraction of sp³-hybridized carbons (Fsp3) is 0.200. The van der Waals surface area contributed by atoms with E-state index in [1.54, 1.807) is 0 Å². The number of hydrogen-bond donors (Lipinski definition) is 0. The Kier molecular flexibility index (Phi) is 2.95. The molecule has 16 heavy (non-hydrogen) atoms. The average molecular weight is 211 g/mol. The summed E-state index contributed by atoms with van der Waals surface area (Å²) in [5.74, 6) is 0. The number of aryl methyl sites for hydroxylation is 1. The van der Waals surface area contributed by atoms with Gasteiger partial charge >= 0.3 is 0 Å². The number of nitrogens with zero attached hydrogens (tertiary/aromatic N) is 1. The van der Waals surface area contributed by atoms with E-state index in [4.69, 9.17) is 0 Å². The molecule has 1 heterocycles. The summed E-state index contributed by atoms with van der Waals surface area (Å²) in [5.41, 5.74) is 1.30. The Morgan fingerprint density at radius 1 is 1.31 bits per heavy atom. The van der Waals surface area contributed by atoms with E-state index >= 15 is 0 Å². The molecule has 0 fully saturated rings. The molecule has 2 rings (SSSR count). The highest BCUT2D eigenvalue weighted by Gasteiger charge is 2.03. The summed E-state index contributed by atoms with van der Waals surface area (Å²) < 4.78 is 2.34. The van der Waals surface area contributed by atoms with Gasteiger partial charge in [-0.3, -0.25) is 0 Å². The van der Waals surface area contributed by atoms with Gasteiger partial charge in [0.2, 0.25) is 0 Å². The lowest BCUT2D eigenvalue weighted by Gasteiger charge is -2.00. The molecule has 0 radical (unpaired) electrons. The Balaban J connectivity index is 3.09. The van der Waals surface area contributed by atoms with E-state index in [0.717, 1.165) is 6.54 Å². The van der Waals surface area contributed by atoms with Gasteiger partial charge < -0.3 is 4.57 Å². The van der Waals surface area contributed by atoms with Crippen molar-refractivity contribution in [2.45, 2.75) is 20.4 Å². The molecule has 0 unspecified atom stereocenters. The van der Waals surface area contributed by atoms with Gasteiger partial charge in [-0.15, -0.1) is 0 Å². The average Bonchev–Trinajstić information content (AvgIpc) is 2.63. The van der Waals surface area contributed by atoms with Gasteiger partial charge in [-0.2, -0.15) is 0 Å². The molecule has 2 aromatic rings. The minimum Gasteiger partial charge on any atom is -0.341 e. The first-order valence-corrected chi connectivity index (χ1v) is 5.69. The first-order valence-electron chi connectivity index (χ1n) is 5.69. The Morgan fingerprint density at radius 3 is 2.69 bits per heavy atom. The zero-order chi connectivity index (χ0) is 11.5. The third-order valence-electron chi connectivity index (χ3n) is 2.93. The lowest BCUT2D eigenvalue weighted by atomic mass is 10.2. The van der Waals surface area contributed by atoms with Crippen molar-refractivity contribution in [3.8, 4) is 0 Å². The summed E-state index contributed by atoms with van der Waals surface area (Å²) in [4.78, 5) is 0. The Bertz CT molecular complexity index is 629. The molecule has 82 valence electrons. The van der Waals surface area contributed by atoms with Crippen molar-refractivity contribution in [2.75, 3.05) is 0 Å². The summed E-state index contributed by atoms with van der Waals surface area (Å²) in [7, 11) is 0. The van der Waals surface area contributed by atoms with Crippen LogP contribution in [-0.2, 0) is 6.54 Å². The summed E-state index contributed by atoms with van der Waals surface area (Å²) in [5, 5.41) is 3.86. The standard InChI is InChI=1S/C15H17N/c1-4-9-12-13-10-7-8-11-15(13)16(6-3)14(12)5-2/h4-5,7-11H,1,6H2,2-3H3. The topological polar surface area (TPSA) is 4.93 Å². The summed E-state index contributed by atoms with van der Waals surface area (Å²) in [6.45, 7) is 9.05. The first-order chi connectivity index (χ1) is 7.83. The normalized spacial score (nSPS) is 13.6. The number of allylic oxidation sites excluding steroid dienone is 1. The van der Waals surface area contributed by atoms with Crippen molar-refractivity contribution >= 4 is 23.1 Å². The molecule has 0 amide bonds. The van der Waals surface area contributed by atoms with Gasteiger partial charge in [0, 0.05) is 28.0 Å². The van der Waals surface area contributed by atoms with Gasteiger partial charge in [0.15, 0.2) is 0 Å². The minimum absolute atomic E-state index is 0.991. The summed E-state index contributed by atoms with van der Waals surface area (Å²) in [6.07, 6.45) is 6.11. The number of fused-ring (bicyclic) bond motifs is 1. The third kappa shape index (κ3) is 1.49. The molecule has 1 aromatic heterocycles. The van der Waals surface area contributed by atoms with Crippen LogP contribution in [0.4, 0.5) is 0 Å². The van der Waals surface area contributed by atoms with Crippen LogP contribution < -0.4 is 10.6 Å². The monoisotopic (exact) mass is 211 g/mol. The predicted molar refractivity (Wildman–Crippen MR) is 71.7 cm³/mol. The molecular weight excluding hydrogens is 194 g/mol. The van der Waals surface area contributed by atoms with Crippen LogP contribution in [0.25, 0.3) is 23.1 Å². The molecule has 1 nitrogen and oxygen atoms in total. The number of hydrogen-bond acceptors (Lipinski definition) is 0. The van der Waals surface area contributed by atoms with Gasteiger partial charge in [0.1, 0.15) is 0 Å². The molecule has 0 bridgehead atoms. The zero-order valence-corrected chi connectivity index (χ0v) is 9.90. The molecule has 0 spiro atoms. The van der Waals surface area contributed by atoms with E-state index in [9.17, 15) is 0 Å². The number of aromatic nitrogens is 1. The van der Waals surface area contributed by atoms with Crippen LogP contribution in [0.15, 0.2) is 36.9 Å². The van der Waals surface area contributed by atoms with E-state index < -0.39 is 0 Å². The molecule has 0 saturated carbocycles. The largest absolute Gasteiger partial charge is 0.341 e. The van der Waals surface area contributed by atoms with Crippen LogP contribution in [-0.4, -0.2) is 4.57 Å². The molecule has 0 aliphatic carbocycles. The second-order valence-electron chi connectivity index (χ2n) is 3.75. The fourth-order valence-corrected chi connectivity index (χ4v) is 2.29. The van der Waals surface area contributed by atoms with E-state index in [2.05, 4.69) is 61.4 Å². The summed E-state index contributed by atoms with van der Waals surface area (Å²) in [6, 6.07) is 8.52. The molecule has 1 aromatic carbocycles. The second-order valence-corrected chi connectivity index (χ2v) is 3.75. The van der Waals surface area contributed by atoms with Gasteiger partial charge in [0.05, 0.1) is 0 Å². The Morgan fingerprint density at radius 2 is 2.06 bits per heavy atom. The van der Waals surface area contributed by atoms with E-state index in [0.29, 0.717) is 0 Å². The maximum Gasteiger partial charge on any atom is 0.0491 e. The van der Waals surface area contributed by atoms with Crippen molar-refractivity contribution in [1.82, 2.24) is 4.57 Å². The van der Waals surface area contributed by atoms with Crippen molar-refractivity contribution < 1.29 is 0 Å². The quantitative estimate of drug-likeness (QED) is 0.719. The van der Waals surface area contributed by atoms with Crippen LogP contribution in [0.3, 0.4) is 0 Å². The second kappa shape index (κ2) is 4.40. The van der Waals surface area contributed by atoms with Gasteiger partial charge in [0.25, 0.3) is 0 Å². The highest BCUT2D eigenvalue weighted by Crippen LogP contribution is 2.07. The summed E-state index contributed by atoms with van der Waals surface area (Å²) >= 11 is 0. The lowest BCUT2D eigenvalue weighted by Crippen LogP contribution is -2.28. The first kappa shape index (κ1) is 10.7. The van der Waals surface area contributed by atoms with Crippen LogP contribution in [0.2, 0.25) is 0 Å². The van der Waals surface area contributed by atoms with E-state index in [1.165, 1.54) is 21.5 Å². The van der Waals surface area contributed by atoms with Crippen molar-refractivity contribution in [2.24, 2.45) is 0 Å². The number of benzene rings is 1. The maximum atomic E-state index is 3.79. The minimum atomic E-state index is 0.991. The SMILES string of the molecule is C=CC=c1c(=CC)n(CC)c2ccccc12. The maximum absolute atomic E-state index is 3.79. The molecule has 1 heteroatoms. The Labute approximate surface area is 96.0 Å². The predicted octanol–water partition coefficient (Wildman–Crippen LogP) is 2.43. The third-order valence-corrected chi connectivity index (χ3v) is 2.93. The van der Waals surface area contributed by atoms with Crippen molar-refractivity contribution in [3.63, 3.8) is 0 Å². The van der Waals surface area contributed by atoms with Crippen molar-refractivity contribution in [3.05, 3.63) is 47.5 Å². The van der Waals surface area contributed by atoms with Crippen LogP contribution >= 0.6 is 0 Å². The van der Waals surface area contributed by atoms with Gasteiger partial charge in [-0.05, 0) is 19.9 Å².